The number of para-hydroxylation sites is 1. The van der Waals surface area contributed by atoms with Crippen LogP contribution < -0.4 is 5.32 Å². The number of amides is 1. The van der Waals surface area contributed by atoms with Gasteiger partial charge in [0.15, 0.2) is 5.82 Å². The number of carbonyl (C=O) groups is 1. The van der Waals surface area contributed by atoms with Crippen LogP contribution in [0.3, 0.4) is 0 Å². The van der Waals surface area contributed by atoms with Crippen molar-refractivity contribution in [2.75, 3.05) is 17.7 Å². The number of hydrogen-bond acceptors (Lipinski definition) is 5. The standard InChI is InChI=1S/C14H16N4O2S/c19-12(15-10-5-2-1-3-6-10)9-21-14-16-13(17-18-14)11-7-4-8-20-11/h1-3,5-6,11H,4,7-9H2,(H,15,19)(H,16,17,18)/t11-/m1/s1. The number of aromatic amines is 1. The Bertz CT molecular complexity index is 596. The van der Waals surface area contributed by atoms with Gasteiger partial charge in [-0.3, -0.25) is 9.89 Å². The van der Waals surface area contributed by atoms with Crippen LogP contribution in [0.15, 0.2) is 35.5 Å². The Hall–Kier alpha value is -1.86. The summed E-state index contributed by atoms with van der Waals surface area (Å²) in [6.45, 7) is 0.771. The summed E-state index contributed by atoms with van der Waals surface area (Å²) in [5.41, 5.74) is 0.790. The van der Waals surface area contributed by atoms with Crippen LogP contribution in [0.5, 0.6) is 0 Å². The van der Waals surface area contributed by atoms with Gasteiger partial charge in [-0.15, -0.1) is 5.10 Å². The minimum atomic E-state index is -0.0744. The Balaban J connectivity index is 1.49. The third kappa shape index (κ3) is 3.83. The molecule has 21 heavy (non-hydrogen) atoms. The highest BCUT2D eigenvalue weighted by Gasteiger charge is 2.21. The number of benzene rings is 1. The van der Waals surface area contributed by atoms with E-state index in [2.05, 4.69) is 20.5 Å². The zero-order valence-electron chi connectivity index (χ0n) is 11.4. The van der Waals surface area contributed by atoms with Gasteiger partial charge in [0.2, 0.25) is 11.1 Å². The van der Waals surface area contributed by atoms with E-state index in [0.717, 1.165) is 31.0 Å². The largest absolute Gasteiger partial charge is 0.370 e. The summed E-state index contributed by atoms with van der Waals surface area (Å²) in [5, 5.41) is 10.4. The molecule has 0 aliphatic carbocycles. The number of nitrogens with zero attached hydrogens (tertiary/aromatic N) is 2. The lowest BCUT2D eigenvalue weighted by Crippen LogP contribution is -2.13. The average Bonchev–Trinajstić information content (AvgIpc) is 3.17. The lowest BCUT2D eigenvalue weighted by molar-refractivity contribution is -0.113. The smallest absolute Gasteiger partial charge is 0.234 e. The van der Waals surface area contributed by atoms with Crippen molar-refractivity contribution < 1.29 is 9.53 Å². The number of anilines is 1. The molecule has 7 heteroatoms. The summed E-state index contributed by atoms with van der Waals surface area (Å²) in [6.07, 6.45) is 2.03. The highest BCUT2D eigenvalue weighted by atomic mass is 32.2. The molecule has 1 aromatic carbocycles. The Morgan fingerprint density at radius 2 is 2.29 bits per heavy atom. The van der Waals surface area contributed by atoms with Gasteiger partial charge in [-0.1, -0.05) is 30.0 Å². The molecule has 1 aliphatic rings. The minimum Gasteiger partial charge on any atom is -0.370 e. The maximum Gasteiger partial charge on any atom is 0.234 e. The third-order valence-electron chi connectivity index (χ3n) is 3.11. The first kappa shape index (κ1) is 14.1. The number of thioether (sulfide) groups is 1. The molecule has 0 saturated carbocycles. The normalized spacial score (nSPS) is 17.8. The number of aromatic nitrogens is 3. The van der Waals surface area contributed by atoms with Crippen molar-refractivity contribution in [3.8, 4) is 0 Å². The van der Waals surface area contributed by atoms with Gasteiger partial charge in [0.1, 0.15) is 6.10 Å². The highest BCUT2D eigenvalue weighted by Crippen LogP contribution is 2.26. The van der Waals surface area contributed by atoms with Crippen LogP contribution in [0.4, 0.5) is 5.69 Å². The Labute approximate surface area is 126 Å². The maximum absolute atomic E-state index is 11.8. The van der Waals surface area contributed by atoms with Crippen molar-refractivity contribution in [3.05, 3.63) is 36.2 Å². The van der Waals surface area contributed by atoms with Crippen molar-refractivity contribution in [3.63, 3.8) is 0 Å². The molecular formula is C14H16N4O2S. The van der Waals surface area contributed by atoms with E-state index >= 15 is 0 Å². The van der Waals surface area contributed by atoms with Gasteiger partial charge < -0.3 is 10.1 Å². The SMILES string of the molecule is O=C(CSc1n[nH]c([C@H]2CCCO2)n1)Nc1ccccc1. The molecule has 0 spiro atoms. The summed E-state index contributed by atoms with van der Waals surface area (Å²) < 4.78 is 5.53. The molecule has 0 bridgehead atoms. The molecule has 1 saturated heterocycles. The summed E-state index contributed by atoms with van der Waals surface area (Å²) in [4.78, 5) is 16.2. The number of nitrogens with one attached hydrogen (secondary N) is 2. The highest BCUT2D eigenvalue weighted by molar-refractivity contribution is 7.99. The third-order valence-corrected chi connectivity index (χ3v) is 3.95. The molecule has 110 valence electrons. The second-order valence-electron chi connectivity index (χ2n) is 4.71. The van der Waals surface area contributed by atoms with Crippen LogP contribution in [0.1, 0.15) is 24.8 Å². The molecule has 2 heterocycles. The van der Waals surface area contributed by atoms with E-state index in [1.54, 1.807) is 0 Å². The fourth-order valence-corrected chi connectivity index (χ4v) is 2.71. The predicted octanol–water partition coefficient (Wildman–Crippen LogP) is 2.39. The number of hydrogen-bond donors (Lipinski definition) is 2. The zero-order chi connectivity index (χ0) is 14.5. The molecule has 2 aromatic rings. The van der Waals surface area contributed by atoms with E-state index in [0.29, 0.717) is 5.16 Å². The molecule has 1 amide bonds. The number of H-pyrrole nitrogens is 1. The minimum absolute atomic E-state index is 0.0185. The Kier molecular flexibility index (Phi) is 4.52. The van der Waals surface area contributed by atoms with Crippen LogP contribution in [-0.2, 0) is 9.53 Å². The quantitative estimate of drug-likeness (QED) is 0.829. The molecule has 1 aromatic heterocycles. The topological polar surface area (TPSA) is 79.9 Å². The van der Waals surface area contributed by atoms with Gasteiger partial charge in [-0.05, 0) is 25.0 Å². The van der Waals surface area contributed by atoms with Crippen LogP contribution in [0.2, 0.25) is 0 Å². The van der Waals surface area contributed by atoms with Crippen LogP contribution in [0, 0.1) is 0 Å². The molecular weight excluding hydrogens is 288 g/mol. The van der Waals surface area contributed by atoms with E-state index in [1.165, 1.54) is 11.8 Å². The fraction of sp³-hybridized carbons (Fsp3) is 0.357. The fourth-order valence-electron chi connectivity index (χ4n) is 2.11. The van der Waals surface area contributed by atoms with Crippen molar-refractivity contribution >= 4 is 23.4 Å². The summed E-state index contributed by atoms with van der Waals surface area (Å²) in [6, 6.07) is 9.37. The van der Waals surface area contributed by atoms with Crippen LogP contribution in [0.25, 0.3) is 0 Å². The second kappa shape index (κ2) is 6.73. The van der Waals surface area contributed by atoms with Gasteiger partial charge >= 0.3 is 0 Å². The zero-order valence-corrected chi connectivity index (χ0v) is 12.2. The predicted molar refractivity (Wildman–Crippen MR) is 80.1 cm³/mol. The van der Waals surface area contributed by atoms with Gasteiger partial charge in [-0.2, -0.15) is 0 Å². The first-order valence-electron chi connectivity index (χ1n) is 6.83. The molecule has 0 unspecified atom stereocenters. The first-order valence-corrected chi connectivity index (χ1v) is 7.81. The van der Waals surface area contributed by atoms with E-state index in [9.17, 15) is 4.79 Å². The lowest BCUT2D eigenvalue weighted by atomic mass is 10.2. The average molecular weight is 304 g/mol. The van der Waals surface area contributed by atoms with Crippen LogP contribution in [-0.4, -0.2) is 33.4 Å². The molecule has 3 rings (SSSR count). The summed E-state index contributed by atoms with van der Waals surface area (Å²) in [7, 11) is 0. The summed E-state index contributed by atoms with van der Waals surface area (Å²) in [5.74, 6) is 0.950. The first-order chi connectivity index (χ1) is 10.3. The van der Waals surface area contributed by atoms with Gasteiger partial charge in [0.05, 0.1) is 5.75 Å². The van der Waals surface area contributed by atoms with Gasteiger partial charge in [0, 0.05) is 12.3 Å². The van der Waals surface area contributed by atoms with E-state index < -0.39 is 0 Å². The van der Waals surface area contributed by atoms with Crippen molar-refractivity contribution in [2.45, 2.75) is 24.1 Å². The monoisotopic (exact) mass is 304 g/mol. The molecule has 2 N–H and O–H groups in total. The number of carbonyl (C=O) groups excluding carboxylic acids is 1. The van der Waals surface area contributed by atoms with Crippen LogP contribution >= 0.6 is 11.8 Å². The molecule has 6 nitrogen and oxygen atoms in total. The van der Waals surface area contributed by atoms with Gasteiger partial charge in [-0.25, -0.2) is 4.98 Å². The van der Waals surface area contributed by atoms with Gasteiger partial charge in [0.25, 0.3) is 0 Å². The lowest BCUT2D eigenvalue weighted by Gasteiger charge is -2.03. The second-order valence-corrected chi connectivity index (χ2v) is 5.65. The number of ether oxygens (including phenoxy) is 1. The van der Waals surface area contributed by atoms with Crippen molar-refractivity contribution in [2.24, 2.45) is 0 Å². The maximum atomic E-state index is 11.8. The van der Waals surface area contributed by atoms with Crippen molar-refractivity contribution in [1.29, 1.82) is 0 Å². The summed E-state index contributed by atoms with van der Waals surface area (Å²) >= 11 is 1.31. The van der Waals surface area contributed by atoms with E-state index in [-0.39, 0.29) is 17.8 Å². The van der Waals surface area contributed by atoms with E-state index in [1.807, 2.05) is 30.3 Å². The Morgan fingerprint density at radius 3 is 3.05 bits per heavy atom. The molecule has 1 aliphatic heterocycles. The molecule has 1 atom stereocenters. The number of rotatable bonds is 5. The van der Waals surface area contributed by atoms with E-state index in [4.69, 9.17) is 4.74 Å². The molecule has 1 fully saturated rings. The Morgan fingerprint density at radius 1 is 1.43 bits per heavy atom. The van der Waals surface area contributed by atoms with Crippen molar-refractivity contribution in [1.82, 2.24) is 15.2 Å². The molecule has 0 radical (unpaired) electrons.